The Kier molecular flexibility index (Phi) is 5.64. The van der Waals surface area contributed by atoms with Gasteiger partial charge >= 0.3 is 0 Å². The number of halogens is 1. The van der Waals surface area contributed by atoms with E-state index in [1.807, 2.05) is 0 Å². The lowest BCUT2D eigenvalue weighted by atomic mass is 10.1. The second-order valence-corrected chi connectivity index (χ2v) is 5.36. The van der Waals surface area contributed by atoms with E-state index in [4.69, 9.17) is 5.21 Å². The Balaban J connectivity index is 2.02. The van der Waals surface area contributed by atoms with Crippen LogP contribution in [0.1, 0.15) is 25.3 Å². The summed E-state index contributed by atoms with van der Waals surface area (Å²) in [6, 6.07) is 1.19. The highest BCUT2D eigenvalue weighted by molar-refractivity contribution is 5.90. The average Bonchev–Trinajstić information content (AvgIpc) is 2.55. The molecular formula is C15H19FN4O3. The van der Waals surface area contributed by atoms with Gasteiger partial charge in [-0.3, -0.25) is 14.8 Å². The van der Waals surface area contributed by atoms with Crippen molar-refractivity contribution in [3.05, 3.63) is 29.7 Å². The SMILES string of the molecule is CC(=O)N1CCC[C@@H](Nc2ncc(/C=C/C(=O)NO)cc2F)C1. The number of carbonyl (C=O) groups is 2. The maximum absolute atomic E-state index is 14.1. The van der Waals surface area contributed by atoms with Crippen molar-refractivity contribution in [1.29, 1.82) is 0 Å². The Morgan fingerprint density at radius 2 is 2.30 bits per heavy atom. The fourth-order valence-corrected chi connectivity index (χ4v) is 2.43. The van der Waals surface area contributed by atoms with Gasteiger partial charge in [-0.1, -0.05) is 0 Å². The fraction of sp³-hybridized carbons (Fsp3) is 0.400. The molecule has 23 heavy (non-hydrogen) atoms. The van der Waals surface area contributed by atoms with E-state index in [0.717, 1.165) is 25.5 Å². The van der Waals surface area contributed by atoms with Crippen molar-refractivity contribution >= 4 is 23.7 Å². The largest absolute Gasteiger partial charge is 0.363 e. The summed E-state index contributed by atoms with van der Waals surface area (Å²) >= 11 is 0. The van der Waals surface area contributed by atoms with Crippen molar-refractivity contribution in [2.45, 2.75) is 25.8 Å². The molecule has 0 saturated carbocycles. The lowest BCUT2D eigenvalue weighted by molar-refractivity contribution is -0.129. The molecule has 0 spiro atoms. The minimum Gasteiger partial charge on any atom is -0.363 e. The Bertz CT molecular complexity index is 621. The van der Waals surface area contributed by atoms with Crippen LogP contribution in [-0.4, -0.2) is 46.0 Å². The second-order valence-electron chi connectivity index (χ2n) is 5.36. The molecule has 124 valence electrons. The molecule has 2 heterocycles. The summed E-state index contributed by atoms with van der Waals surface area (Å²) in [6.45, 7) is 2.76. The lowest BCUT2D eigenvalue weighted by Crippen LogP contribution is -2.44. The monoisotopic (exact) mass is 322 g/mol. The van der Waals surface area contributed by atoms with Gasteiger partial charge in [0.1, 0.15) is 0 Å². The molecule has 1 aliphatic rings. The van der Waals surface area contributed by atoms with Crippen molar-refractivity contribution in [2.75, 3.05) is 18.4 Å². The Labute approximate surface area is 133 Å². The van der Waals surface area contributed by atoms with E-state index < -0.39 is 11.7 Å². The number of pyridine rings is 1. The Hall–Kier alpha value is -2.48. The third-order valence-corrected chi connectivity index (χ3v) is 3.61. The number of amides is 2. The van der Waals surface area contributed by atoms with Crippen LogP contribution in [0.4, 0.5) is 10.2 Å². The number of nitrogens with zero attached hydrogens (tertiary/aromatic N) is 2. The predicted molar refractivity (Wildman–Crippen MR) is 82.1 cm³/mol. The zero-order valence-electron chi connectivity index (χ0n) is 12.8. The Morgan fingerprint density at radius 3 is 2.96 bits per heavy atom. The van der Waals surface area contributed by atoms with Gasteiger partial charge in [0, 0.05) is 38.3 Å². The smallest absolute Gasteiger partial charge is 0.267 e. The van der Waals surface area contributed by atoms with E-state index in [9.17, 15) is 14.0 Å². The van der Waals surface area contributed by atoms with Gasteiger partial charge in [-0.05, 0) is 30.5 Å². The topological polar surface area (TPSA) is 94.6 Å². The quantitative estimate of drug-likeness (QED) is 0.439. The number of hydroxylamine groups is 1. The normalized spacial score (nSPS) is 18.0. The number of anilines is 1. The molecule has 1 aromatic rings. The molecule has 0 radical (unpaired) electrons. The van der Waals surface area contributed by atoms with Crippen molar-refractivity contribution in [3.8, 4) is 0 Å². The molecule has 0 bridgehead atoms. The van der Waals surface area contributed by atoms with Crippen LogP contribution in [0.15, 0.2) is 18.3 Å². The van der Waals surface area contributed by atoms with Crippen molar-refractivity contribution in [2.24, 2.45) is 0 Å². The van der Waals surface area contributed by atoms with Crippen LogP contribution in [0, 0.1) is 5.82 Å². The van der Waals surface area contributed by atoms with Gasteiger partial charge < -0.3 is 10.2 Å². The molecule has 7 nitrogen and oxygen atoms in total. The van der Waals surface area contributed by atoms with Crippen LogP contribution >= 0.6 is 0 Å². The van der Waals surface area contributed by atoms with Gasteiger partial charge in [0.05, 0.1) is 0 Å². The van der Waals surface area contributed by atoms with Crippen LogP contribution in [0.25, 0.3) is 6.08 Å². The van der Waals surface area contributed by atoms with E-state index in [1.54, 1.807) is 4.90 Å². The van der Waals surface area contributed by atoms with Crippen molar-refractivity contribution in [3.63, 3.8) is 0 Å². The van der Waals surface area contributed by atoms with Gasteiger partial charge in [-0.25, -0.2) is 14.9 Å². The minimum atomic E-state index is -0.709. The van der Waals surface area contributed by atoms with Gasteiger partial charge in [-0.2, -0.15) is 0 Å². The summed E-state index contributed by atoms with van der Waals surface area (Å²) in [5, 5.41) is 11.4. The third kappa shape index (κ3) is 4.75. The fourth-order valence-electron chi connectivity index (χ4n) is 2.43. The second kappa shape index (κ2) is 7.68. The van der Waals surface area contributed by atoms with E-state index in [2.05, 4.69) is 10.3 Å². The highest BCUT2D eigenvalue weighted by atomic mass is 19.1. The molecule has 8 heteroatoms. The molecule has 1 saturated heterocycles. The summed E-state index contributed by atoms with van der Waals surface area (Å²) in [4.78, 5) is 28.0. The molecule has 1 atom stereocenters. The zero-order chi connectivity index (χ0) is 16.8. The van der Waals surface area contributed by atoms with E-state index >= 15 is 0 Å². The number of hydrogen-bond donors (Lipinski definition) is 3. The van der Waals surface area contributed by atoms with E-state index in [0.29, 0.717) is 12.1 Å². The number of aromatic nitrogens is 1. The van der Waals surface area contributed by atoms with Gasteiger partial charge in [0.2, 0.25) is 5.91 Å². The van der Waals surface area contributed by atoms with Crippen LogP contribution < -0.4 is 10.8 Å². The number of likely N-dealkylation sites (tertiary alicyclic amines) is 1. The summed E-state index contributed by atoms with van der Waals surface area (Å²) in [5.74, 6) is -1.13. The number of rotatable bonds is 4. The van der Waals surface area contributed by atoms with Crippen LogP contribution in [0.3, 0.4) is 0 Å². The van der Waals surface area contributed by atoms with Crippen LogP contribution in [0.5, 0.6) is 0 Å². The lowest BCUT2D eigenvalue weighted by Gasteiger charge is -2.32. The third-order valence-electron chi connectivity index (χ3n) is 3.61. The van der Waals surface area contributed by atoms with Gasteiger partial charge in [0.15, 0.2) is 11.6 Å². The number of nitrogens with one attached hydrogen (secondary N) is 2. The van der Waals surface area contributed by atoms with E-state index in [1.165, 1.54) is 30.7 Å². The highest BCUT2D eigenvalue weighted by Gasteiger charge is 2.22. The standard InChI is InChI=1S/C15H19FN4O3/c1-10(21)20-6-2-3-12(9-20)18-15-13(16)7-11(8-17-15)4-5-14(22)19-23/h4-5,7-8,12,23H,2-3,6,9H2,1H3,(H,17,18)(H,19,22)/b5-4+/t12-/m1/s1. The van der Waals surface area contributed by atoms with Crippen molar-refractivity contribution in [1.82, 2.24) is 15.4 Å². The number of hydrogen-bond acceptors (Lipinski definition) is 5. The predicted octanol–water partition coefficient (Wildman–Crippen LogP) is 1.16. The summed E-state index contributed by atoms with van der Waals surface area (Å²) < 4.78 is 14.1. The summed E-state index contributed by atoms with van der Waals surface area (Å²) in [6.07, 6.45) is 5.51. The van der Waals surface area contributed by atoms with Crippen molar-refractivity contribution < 1.29 is 19.2 Å². The molecule has 2 rings (SSSR count). The zero-order valence-corrected chi connectivity index (χ0v) is 12.8. The molecule has 1 fully saturated rings. The molecule has 3 N–H and O–H groups in total. The maximum Gasteiger partial charge on any atom is 0.267 e. The average molecular weight is 322 g/mol. The first-order valence-electron chi connectivity index (χ1n) is 7.29. The first-order chi connectivity index (χ1) is 11.0. The van der Waals surface area contributed by atoms with E-state index in [-0.39, 0.29) is 17.8 Å². The minimum absolute atomic E-state index is 0.00702. The maximum atomic E-state index is 14.1. The summed E-state index contributed by atoms with van der Waals surface area (Å²) in [5.41, 5.74) is 1.84. The highest BCUT2D eigenvalue weighted by Crippen LogP contribution is 2.18. The molecule has 2 amide bonds. The molecular weight excluding hydrogens is 303 g/mol. The molecule has 1 aromatic heterocycles. The first-order valence-corrected chi connectivity index (χ1v) is 7.29. The Morgan fingerprint density at radius 1 is 1.52 bits per heavy atom. The number of piperidine rings is 1. The summed E-state index contributed by atoms with van der Waals surface area (Å²) in [7, 11) is 0. The van der Waals surface area contributed by atoms with Crippen LogP contribution in [0.2, 0.25) is 0 Å². The molecule has 0 unspecified atom stereocenters. The van der Waals surface area contributed by atoms with Gasteiger partial charge in [0.25, 0.3) is 5.91 Å². The molecule has 0 aliphatic carbocycles. The molecule has 1 aliphatic heterocycles. The molecule has 0 aromatic carbocycles. The number of carbonyl (C=O) groups excluding carboxylic acids is 2. The first kappa shape index (κ1) is 16.9. The van der Waals surface area contributed by atoms with Gasteiger partial charge in [-0.15, -0.1) is 0 Å². The van der Waals surface area contributed by atoms with Crippen LogP contribution in [-0.2, 0) is 9.59 Å².